The number of thiophene rings is 1. The number of methoxy groups -OCH3 is 1. The van der Waals surface area contributed by atoms with Crippen LogP contribution in [0, 0.1) is 13.8 Å². The largest absolute Gasteiger partial charge is 0.465 e. The highest BCUT2D eigenvalue weighted by Crippen LogP contribution is 2.38. The lowest BCUT2D eigenvalue weighted by atomic mass is 9.97. The molecule has 0 aliphatic carbocycles. The van der Waals surface area contributed by atoms with Crippen molar-refractivity contribution in [3.05, 3.63) is 57.1 Å². The number of benzene rings is 1. The standard InChI is InChI=1S/C23H21BrN4O4S2/c1-12-5-6-13(2)14(9-12)15-10-33-21(19(15)22(30)31-4)25-18(29)11-34-23-27-26-20(28(23)3)16-7-8-17(24)32-16/h5-10H,11H2,1-4H3,(H,25,29). The van der Waals surface area contributed by atoms with Crippen molar-refractivity contribution < 1.29 is 18.7 Å². The highest BCUT2D eigenvalue weighted by atomic mass is 79.9. The molecule has 0 saturated heterocycles. The quantitative estimate of drug-likeness (QED) is 0.228. The van der Waals surface area contributed by atoms with Crippen molar-refractivity contribution in [2.45, 2.75) is 19.0 Å². The first kappa shape index (κ1) is 24.2. The van der Waals surface area contributed by atoms with E-state index in [1.165, 1.54) is 30.2 Å². The van der Waals surface area contributed by atoms with E-state index >= 15 is 0 Å². The normalized spacial score (nSPS) is 11.0. The second kappa shape index (κ2) is 10.2. The number of hydrogen-bond donors (Lipinski definition) is 1. The Morgan fingerprint density at radius 1 is 1.21 bits per heavy atom. The van der Waals surface area contributed by atoms with E-state index in [1.807, 2.05) is 37.4 Å². The van der Waals surface area contributed by atoms with E-state index in [1.54, 1.807) is 23.7 Å². The smallest absolute Gasteiger partial charge is 0.341 e. The lowest BCUT2D eigenvalue weighted by molar-refractivity contribution is -0.113. The minimum absolute atomic E-state index is 0.0884. The zero-order valence-electron chi connectivity index (χ0n) is 18.8. The van der Waals surface area contributed by atoms with Crippen LogP contribution in [0.4, 0.5) is 5.00 Å². The maximum Gasteiger partial charge on any atom is 0.341 e. The van der Waals surface area contributed by atoms with Crippen LogP contribution in [0.1, 0.15) is 21.5 Å². The second-order valence-electron chi connectivity index (χ2n) is 7.47. The molecule has 1 amide bonds. The number of nitrogens with one attached hydrogen (secondary N) is 1. The lowest BCUT2D eigenvalue weighted by Crippen LogP contribution is -2.16. The number of amides is 1. The Balaban J connectivity index is 1.51. The predicted molar refractivity (Wildman–Crippen MR) is 136 cm³/mol. The molecule has 4 aromatic rings. The molecule has 11 heteroatoms. The zero-order chi connectivity index (χ0) is 24.4. The lowest BCUT2D eigenvalue weighted by Gasteiger charge is -2.10. The summed E-state index contributed by atoms with van der Waals surface area (Å²) in [7, 11) is 3.13. The highest BCUT2D eigenvalue weighted by molar-refractivity contribution is 9.10. The fourth-order valence-electron chi connectivity index (χ4n) is 3.36. The summed E-state index contributed by atoms with van der Waals surface area (Å²) in [5, 5.41) is 14.0. The van der Waals surface area contributed by atoms with Crippen LogP contribution in [-0.2, 0) is 16.6 Å². The predicted octanol–water partition coefficient (Wildman–Crippen LogP) is 5.70. The Hall–Kier alpha value is -2.89. The van der Waals surface area contributed by atoms with E-state index in [2.05, 4.69) is 31.4 Å². The van der Waals surface area contributed by atoms with Gasteiger partial charge in [-0.25, -0.2) is 4.79 Å². The molecule has 0 spiro atoms. The average Bonchev–Trinajstić information content (AvgIpc) is 3.52. The van der Waals surface area contributed by atoms with Gasteiger partial charge < -0.3 is 19.0 Å². The summed E-state index contributed by atoms with van der Waals surface area (Å²) in [6, 6.07) is 9.61. The van der Waals surface area contributed by atoms with E-state index in [0.29, 0.717) is 32.0 Å². The molecule has 0 aliphatic rings. The fraction of sp³-hybridized carbons (Fsp3) is 0.217. The minimum Gasteiger partial charge on any atom is -0.465 e. The van der Waals surface area contributed by atoms with Crippen molar-refractivity contribution in [1.82, 2.24) is 14.8 Å². The number of carbonyl (C=O) groups is 2. The summed E-state index contributed by atoms with van der Waals surface area (Å²) in [4.78, 5) is 25.4. The SMILES string of the molecule is COC(=O)c1c(-c2cc(C)ccc2C)csc1NC(=O)CSc1nnc(-c2ccc(Br)o2)n1C. The Kier molecular flexibility index (Phi) is 7.24. The summed E-state index contributed by atoms with van der Waals surface area (Å²) in [6.45, 7) is 3.98. The number of esters is 1. The maximum atomic E-state index is 12.7. The van der Waals surface area contributed by atoms with Gasteiger partial charge in [-0.05, 0) is 53.0 Å². The van der Waals surface area contributed by atoms with Gasteiger partial charge in [-0.1, -0.05) is 35.5 Å². The van der Waals surface area contributed by atoms with Crippen LogP contribution in [0.15, 0.2) is 50.0 Å². The van der Waals surface area contributed by atoms with Gasteiger partial charge >= 0.3 is 5.97 Å². The minimum atomic E-state index is -0.498. The maximum absolute atomic E-state index is 12.7. The molecule has 0 unspecified atom stereocenters. The first-order chi connectivity index (χ1) is 16.3. The number of thioether (sulfide) groups is 1. The van der Waals surface area contributed by atoms with Gasteiger partial charge in [-0.3, -0.25) is 4.79 Å². The molecule has 1 aromatic carbocycles. The number of halogens is 1. The number of nitrogens with zero attached hydrogens (tertiary/aromatic N) is 3. The van der Waals surface area contributed by atoms with Gasteiger partial charge in [0.05, 0.1) is 12.9 Å². The highest BCUT2D eigenvalue weighted by Gasteiger charge is 2.24. The Morgan fingerprint density at radius 2 is 2.00 bits per heavy atom. The molecule has 8 nitrogen and oxygen atoms in total. The van der Waals surface area contributed by atoms with Gasteiger partial charge in [0.1, 0.15) is 10.6 Å². The molecule has 176 valence electrons. The average molecular weight is 561 g/mol. The number of carbonyl (C=O) groups excluding carboxylic acids is 2. The van der Waals surface area contributed by atoms with Crippen LogP contribution in [0.25, 0.3) is 22.7 Å². The van der Waals surface area contributed by atoms with Crippen molar-refractivity contribution in [1.29, 1.82) is 0 Å². The van der Waals surface area contributed by atoms with Crippen molar-refractivity contribution in [3.63, 3.8) is 0 Å². The van der Waals surface area contributed by atoms with Crippen LogP contribution in [0.3, 0.4) is 0 Å². The molecule has 34 heavy (non-hydrogen) atoms. The number of rotatable bonds is 7. The van der Waals surface area contributed by atoms with E-state index in [9.17, 15) is 9.59 Å². The molecule has 1 N–H and O–H groups in total. The van der Waals surface area contributed by atoms with E-state index < -0.39 is 5.97 Å². The third-order valence-corrected chi connectivity index (χ3v) is 7.42. The molecule has 3 aromatic heterocycles. The molecule has 0 radical (unpaired) electrons. The van der Waals surface area contributed by atoms with E-state index in [4.69, 9.17) is 9.15 Å². The van der Waals surface area contributed by atoms with Gasteiger partial charge in [0.25, 0.3) is 0 Å². The second-order valence-corrected chi connectivity index (χ2v) is 10.1. The van der Waals surface area contributed by atoms with Crippen LogP contribution >= 0.6 is 39.0 Å². The van der Waals surface area contributed by atoms with E-state index in [0.717, 1.165) is 22.3 Å². The number of hydrogen-bond acceptors (Lipinski definition) is 8. The topological polar surface area (TPSA) is 99.2 Å². The zero-order valence-corrected chi connectivity index (χ0v) is 22.1. The summed E-state index contributed by atoms with van der Waals surface area (Å²) in [6.07, 6.45) is 0. The summed E-state index contributed by atoms with van der Waals surface area (Å²) in [5.41, 5.74) is 4.13. The number of furan rings is 1. The van der Waals surface area contributed by atoms with Gasteiger partial charge in [0.2, 0.25) is 5.91 Å². The molecule has 0 saturated carbocycles. The van der Waals surface area contributed by atoms with Crippen molar-refractivity contribution in [2.24, 2.45) is 7.05 Å². The van der Waals surface area contributed by atoms with Crippen LogP contribution in [0.5, 0.6) is 0 Å². The Labute approximate surface area is 212 Å². The van der Waals surface area contributed by atoms with Crippen molar-refractivity contribution in [3.8, 4) is 22.7 Å². The van der Waals surface area contributed by atoms with Crippen molar-refractivity contribution in [2.75, 3.05) is 18.2 Å². The van der Waals surface area contributed by atoms with Gasteiger partial charge in [-0.2, -0.15) is 0 Å². The van der Waals surface area contributed by atoms with Gasteiger partial charge in [0, 0.05) is 18.0 Å². The monoisotopic (exact) mass is 560 g/mol. The van der Waals surface area contributed by atoms with Gasteiger partial charge in [0.15, 0.2) is 21.4 Å². The van der Waals surface area contributed by atoms with Crippen LogP contribution < -0.4 is 5.32 Å². The third kappa shape index (κ3) is 4.96. The molecule has 0 aliphatic heterocycles. The number of ether oxygens (including phenoxy) is 1. The third-order valence-electron chi connectivity index (χ3n) is 5.08. The van der Waals surface area contributed by atoms with E-state index in [-0.39, 0.29) is 11.7 Å². The molecule has 0 fully saturated rings. The number of anilines is 1. The number of aromatic nitrogens is 3. The first-order valence-electron chi connectivity index (χ1n) is 10.1. The molecule has 0 atom stereocenters. The summed E-state index contributed by atoms with van der Waals surface area (Å²) in [5.74, 6) is 0.444. The molecule has 3 heterocycles. The summed E-state index contributed by atoms with van der Waals surface area (Å²) < 4.78 is 12.9. The van der Waals surface area contributed by atoms with Crippen LogP contribution in [0.2, 0.25) is 0 Å². The van der Waals surface area contributed by atoms with Crippen LogP contribution in [-0.4, -0.2) is 39.5 Å². The fourth-order valence-corrected chi connectivity index (χ4v) is 5.34. The molecule has 4 rings (SSSR count). The van der Waals surface area contributed by atoms with Gasteiger partial charge in [-0.15, -0.1) is 21.5 Å². The molecular weight excluding hydrogens is 540 g/mol. The van der Waals surface area contributed by atoms with Crippen molar-refractivity contribution >= 4 is 55.9 Å². The Morgan fingerprint density at radius 3 is 2.71 bits per heavy atom. The molecular formula is C23H21BrN4O4S2. The first-order valence-corrected chi connectivity index (χ1v) is 12.8. The molecule has 0 bridgehead atoms. The Bertz CT molecular complexity index is 1380. The number of aryl methyl sites for hydroxylation is 2. The summed E-state index contributed by atoms with van der Waals surface area (Å²) >= 11 is 5.80.